The first kappa shape index (κ1) is 9.94. The fourth-order valence-electron chi connectivity index (χ4n) is 2.03. The lowest BCUT2D eigenvalue weighted by atomic mass is 10.0. The van der Waals surface area contributed by atoms with Crippen LogP contribution in [0.3, 0.4) is 0 Å². The predicted molar refractivity (Wildman–Crippen MR) is 55.9 cm³/mol. The predicted octanol–water partition coefficient (Wildman–Crippen LogP) is 2.93. The Labute approximate surface area is 88.1 Å². The average Bonchev–Trinajstić information content (AvgIpc) is 2.59. The second-order valence-electron chi connectivity index (χ2n) is 4.47. The minimum absolute atomic E-state index is 0.00841. The van der Waals surface area contributed by atoms with Crippen molar-refractivity contribution in [3.63, 3.8) is 0 Å². The van der Waals surface area contributed by atoms with Crippen molar-refractivity contribution in [2.75, 3.05) is 0 Å². The monoisotopic (exact) mass is 213 g/mol. The molecule has 1 fully saturated rings. The van der Waals surface area contributed by atoms with Gasteiger partial charge in [-0.25, -0.2) is 4.39 Å². The van der Waals surface area contributed by atoms with Crippen LogP contribution < -0.4 is 5.73 Å². The Morgan fingerprint density at radius 1 is 1.43 bits per heavy atom. The maximum Gasteiger partial charge on any atom is 0.145 e. The molecule has 0 bridgehead atoms. The van der Waals surface area contributed by atoms with Crippen molar-refractivity contribution in [1.82, 2.24) is 0 Å². The van der Waals surface area contributed by atoms with Crippen LogP contribution in [0.4, 0.5) is 4.39 Å². The van der Waals surface area contributed by atoms with Gasteiger partial charge in [-0.1, -0.05) is 37.6 Å². The number of hydrogen-bond acceptors (Lipinski definition) is 1. The van der Waals surface area contributed by atoms with Crippen molar-refractivity contribution in [1.29, 1.82) is 0 Å². The van der Waals surface area contributed by atoms with Gasteiger partial charge in [-0.3, -0.25) is 0 Å². The van der Waals surface area contributed by atoms with Crippen LogP contribution in [-0.2, 0) is 0 Å². The molecule has 0 aliphatic heterocycles. The standard InChI is InChI=1S/C11H13ClFN/c1-11(2)8(10(11)14)6-4-3-5-7(12)9(6)13/h3-5,8,10H,14H2,1-2H3. The summed E-state index contributed by atoms with van der Waals surface area (Å²) in [6.07, 6.45) is 0. The second-order valence-corrected chi connectivity index (χ2v) is 4.88. The highest BCUT2D eigenvalue weighted by Gasteiger charge is 2.57. The second kappa shape index (κ2) is 2.94. The summed E-state index contributed by atoms with van der Waals surface area (Å²) in [5, 5.41) is 0.178. The van der Waals surface area contributed by atoms with Crippen LogP contribution in [0.1, 0.15) is 25.3 Å². The molecule has 3 heteroatoms. The van der Waals surface area contributed by atoms with Gasteiger partial charge < -0.3 is 5.73 Å². The summed E-state index contributed by atoms with van der Waals surface area (Å²) in [4.78, 5) is 0. The average molecular weight is 214 g/mol. The van der Waals surface area contributed by atoms with Crippen molar-refractivity contribution in [3.8, 4) is 0 Å². The van der Waals surface area contributed by atoms with E-state index in [1.807, 2.05) is 13.8 Å². The van der Waals surface area contributed by atoms with Crippen LogP contribution in [0.15, 0.2) is 18.2 Å². The fourth-order valence-corrected chi connectivity index (χ4v) is 2.21. The van der Waals surface area contributed by atoms with E-state index in [-0.39, 0.29) is 28.2 Å². The summed E-state index contributed by atoms with van der Waals surface area (Å²) >= 11 is 5.71. The Morgan fingerprint density at radius 2 is 2.00 bits per heavy atom. The van der Waals surface area contributed by atoms with Crippen LogP contribution in [0.2, 0.25) is 5.02 Å². The van der Waals surface area contributed by atoms with E-state index in [2.05, 4.69) is 0 Å². The molecule has 2 rings (SSSR count). The summed E-state index contributed by atoms with van der Waals surface area (Å²) in [5.74, 6) is -0.221. The van der Waals surface area contributed by atoms with Crippen molar-refractivity contribution in [2.24, 2.45) is 11.1 Å². The third-order valence-electron chi connectivity index (χ3n) is 3.23. The minimum Gasteiger partial charge on any atom is -0.327 e. The van der Waals surface area contributed by atoms with E-state index >= 15 is 0 Å². The molecule has 1 nitrogen and oxygen atoms in total. The summed E-state index contributed by atoms with van der Waals surface area (Å²) in [5.41, 5.74) is 6.53. The molecule has 1 aromatic rings. The van der Waals surface area contributed by atoms with Gasteiger partial charge in [-0.15, -0.1) is 0 Å². The molecule has 1 aromatic carbocycles. The Kier molecular flexibility index (Phi) is 2.09. The van der Waals surface area contributed by atoms with Crippen molar-refractivity contribution in [3.05, 3.63) is 34.6 Å². The van der Waals surface area contributed by atoms with Gasteiger partial charge in [-0.05, 0) is 17.0 Å². The molecule has 1 saturated carbocycles. The molecule has 1 aliphatic carbocycles. The number of nitrogens with two attached hydrogens (primary N) is 1. The third-order valence-corrected chi connectivity index (χ3v) is 3.52. The number of halogens is 2. The van der Waals surface area contributed by atoms with E-state index in [0.29, 0.717) is 5.56 Å². The normalized spacial score (nSPS) is 28.9. The van der Waals surface area contributed by atoms with Gasteiger partial charge in [0.05, 0.1) is 5.02 Å². The smallest absolute Gasteiger partial charge is 0.145 e. The molecule has 14 heavy (non-hydrogen) atoms. The lowest BCUT2D eigenvalue weighted by molar-refractivity contribution is 0.571. The third kappa shape index (κ3) is 1.25. The molecule has 0 aromatic heterocycles. The van der Waals surface area contributed by atoms with E-state index in [0.717, 1.165) is 0 Å². The van der Waals surface area contributed by atoms with E-state index in [1.165, 1.54) is 0 Å². The van der Waals surface area contributed by atoms with Crippen molar-refractivity contribution < 1.29 is 4.39 Å². The summed E-state index contributed by atoms with van der Waals surface area (Å²) in [7, 11) is 0. The zero-order valence-corrected chi connectivity index (χ0v) is 8.98. The Bertz CT molecular complexity index is 376. The molecule has 0 saturated heterocycles. The van der Waals surface area contributed by atoms with E-state index in [9.17, 15) is 4.39 Å². The molecular formula is C11H13ClFN. The van der Waals surface area contributed by atoms with E-state index in [1.54, 1.807) is 18.2 Å². The molecule has 76 valence electrons. The fraction of sp³-hybridized carbons (Fsp3) is 0.455. The Morgan fingerprint density at radius 3 is 2.50 bits per heavy atom. The number of hydrogen-bond donors (Lipinski definition) is 1. The molecule has 0 heterocycles. The van der Waals surface area contributed by atoms with Crippen LogP contribution >= 0.6 is 11.6 Å². The molecule has 2 atom stereocenters. The quantitative estimate of drug-likeness (QED) is 0.763. The zero-order chi connectivity index (χ0) is 10.5. The van der Waals surface area contributed by atoms with Crippen molar-refractivity contribution >= 4 is 11.6 Å². The Hall–Kier alpha value is -0.600. The van der Waals surface area contributed by atoms with Gasteiger partial charge in [-0.2, -0.15) is 0 Å². The first-order valence-electron chi connectivity index (χ1n) is 4.65. The van der Waals surface area contributed by atoms with Crippen LogP contribution in [0.5, 0.6) is 0 Å². The first-order valence-corrected chi connectivity index (χ1v) is 5.03. The molecule has 0 amide bonds. The minimum atomic E-state index is -0.319. The largest absolute Gasteiger partial charge is 0.327 e. The van der Waals surface area contributed by atoms with Crippen molar-refractivity contribution in [2.45, 2.75) is 25.8 Å². The van der Waals surface area contributed by atoms with Gasteiger partial charge >= 0.3 is 0 Å². The van der Waals surface area contributed by atoms with E-state index in [4.69, 9.17) is 17.3 Å². The highest BCUT2D eigenvalue weighted by atomic mass is 35.5. The lowest BCUT2D eigenvalue weighted by Gasteiger charge is -2.05. The molecule has 2 N–H and O–H groups in total. The molecule has 1 aliphatic rings. The molecular weight excluding hydrogens is 201 g/mol. The highest BCUT2D eigenvalue weighted by Crippen LogP contribution is 2.58. The Balaban J connectivity index is 2.40. The number of rotatable bonds is 1. The van der Waals surface area contributed by atoms with Crippen LogP contribution in [0, 0.1) is 11.2 Å². The SMILES string of the molecule is CC1(C)C(N)C1c1cccc(Cl)c1F. The first-order chi connectivity index (χ1) is 6.46. The van der Waals surface area contributed by atoms with Gasteiger partial charge in [0.25, 0.3) is 0 Å². The van der Waals surface area contributed by atoms with Gasteiger partial charge in [0, 0.05) is 12.0 Å². The summed E-state index contributed by atoms with van der Waals surface area (Å²) in [6, 6.07) is 5.12. The van der Waals surface area contributed by atoms with Gasteiger partial charge in [0.2, 0.25) is 0 Å². The molecule has 0 spiro atoms. The molecule has 0 radical (unpaired) electrons. The van der Waals surface area contributed by atoms with Gasteiger partial charge in [0.15, 0.2) is 0 Å². The highest BCUT2D eigenvalue weighted by molar-refractivity contribution is 6.30. The van der Waals surface area contributed by atoms with Crippen LogP contribution in [0.25, 0.3) is 0 Å². The van der Waals surface area contributed by atoms with Crippen LogP contribution in [-0.4, -0.2) is 6.04 Å². The molecule has 2 unspecified atom stereocenters. The maximum absolute atomic E-state index is 13.6. The number of benzene rings is 1. The van der Waals surface area contributed by atoms with E-state index < -0.39 is 0 Å². The summed E-state index contributed by atoms with van der Waals surface area (Å²) < 4.78 is 13.6. The lowest BCUT2D eigenvalue weighted by Crippen LogP contribution is -2.06. The topological polar surface area (TPSA) is 26.0 Å². The summed E-state index contributed by atoms with van der Waals surface area (Å²) in [6.45, 7) is 4.09. The van der Waals surface area contributed by atoms with Gasteiger partial charge in [0.1, 0.15) is 5.82 Å². The maximum atomic E-state index is 13.6. The zero-order valence-electron chi connectivity index (χ0n) is 8.22.